The minimum Gasteiger partial charge on any atom is -0.340 e. The average Bonchev–Trinajstić information content (AvgIpc) is 2.79. The van der Waals surface area contributed by atoms with Crippen LogP contribution in [0.15, 0.2) is 89.7 Å². The molecular formula is C26H22ClN3O2. The summed E-state index contributed by atoms with van der Waals surface area (Å²) < 4.78 is 1.52. The highest BCUT2D eigenvalue weighted by Gasteiger charge is 2.22. The van der Waals surface area contributed by atoms with Gasteiger partial charge in [0.2, 0.25) is 5.43 Å². The van der Waals surface area contributed by atoms with Gasteiger partial charge in [-0.3, -0.25) is 9.59 Å². The van der Waals surface area contributed by atoms with E-state index in [1.54, 1.807) is 19.1 Å². The van der Waals surface area contributed by atoms with Gasteiger partial charge >= 0.3 is 0 Å². The van der Waals surface area contributed by atoms with Crippen LogP contribution < -0.4 is 10.7 Å². The Hall–Kier alpha value is -3.70. The molecule has 0 bridgehead atoms. The number of nitrogens with one attached hydrogen (secondary N) is 1. The van der Waals surface area contributed by atoms with E-state index >= 15 is 0 Å². The Balaban J connectivity index is 1.74. The first-order chi connectivity index (χ1) is 15.4. The van der Waals surface area contributed by atoms with Crippen LogP contribution in [0.3, 0.4) is 0 Å². The SMILES string of the molecule is Cc1ccc(C(NC(=O)c2nn(-c3ccccc3Cl)c(C)cc2=O)c2ccccc2)cc1. The third-order valence-electron chi connectivity index (χ3n) is 5.22. The number of aryl methyl sites for hydroxylation is 2. The van der Waals surface area contributed by atoms with E-state index in [1.165, 1.54) is 10.7 Å². The number of carbonyl (C=O) groups is 1. The van der Waals surface area contributed by atoms with E-state index in [0.717, 1.165) is 16.7 Å². The van der Waals surface area contributed by atoms with Gasteiger partial charge in [0.25, 0.3) is 5.91 Å². The molecule has 0 spiro atoms. The van der Waals surface area contributed by atoms with Gasteiger partial charge in [-0.1, -0.05) is 83.9 Å². The zero-order valence-electron chi connectivity index (χ0n) is 17.7. The number of carbonyl (C=O) groups excluding carboxylic acids is 1. The van der Waals surface area contributed by atoms with Crippen LogP contribution in [0.25, 0.3) is 5.69 Å². The molecule has 1 amide bonds. The Bertz CT molecular complexity index is 1320. The average molecular weight is 444 g/mol. The molecule has 1 N–H and O–H groups in total. The fraction of sp³-hybridized carbons (Fsp3) is 0.115. The Morgan fingerprint density at radius 1 is 0.906 bits per heavy atom. The topological polar surface area (TPSA) is 64.0 Å². The van der Waals surface area contributed by atoms with Crippen molar-refractivity contribution in [3.05, 3.63) is 128 Å². The Labute approximate surface area is 191 Å². The normalized spacial score (nSPS) is 11.7. The number of aromatic nitrogens is 2. The lowest BCUT2D eigenvalue weighted by atomic mass is 9.97. The Kier molecular flexibility index (Phi) is 6.19. The van der Waals surface area contributed by atoms with Gasteiger partial charge in [-0.15, -0.1) is 0 Å². The maximum atomic E-state index is 13.2. The van der Waals surface area contributed by atoms with E-state index in [0.29, 0.717) is 16.4 Å². The minimum atomic E-state index is -0.551. The number of halogens is 1. The van der Waals surface area contributed by atoms with Crippen molar-refractivity contribution in [2.24, 2.45) is 0 Å². The van der Waals surface area contributed by atoms with Gasteiger partial charge in [-0.2, -0.15) is 5.10 Å². The number of hydrogen-bond donors (Lipinski definition) is 1. The van der Waals surface area contributed by atoms with E-state index in [1.807, 2.05) is 73.7 Å². The van der Waals surface area contributed by atoms with Crippen molar-refractivity contribution >= 4 is 17.5 Å². The maximum Gasteiger partial charge on any atom is 0.276 e. The van der Waals surface area contributed by atoms with Crippen LogP contribution in [0.5, 0.6) is 0 Å². The quantitative estimate of drug-likeness (QED) is 0.471. The summed E-state index contributed by atoms with van der Waals surface area (Å²) in [6.45, 7) is 3.76. The maximum absolute atomic E-state index is 13.2. The Morgan fingerprint density at radius 3 is 2.22 bits per heavy atom. The summed E-state index contributed by atoms with van der Waals surface area (Å²) in [6, 6.07) is 25.7. The number of nitrogens with zero attached hydrogens (tertiary/aromatic N) is 2. The van der Waals surface area contributed by atoms with Crippen LogP contribution >= 0.6 is 11.6 Å². The number of para-hydroxylation sites is 1. The summed E-state index contributed by atoms with van der Waals surface area (Å²) in [5, 5.41) is 7.83. The van der Waals surface area contributed by atoms with Crippen LogP contribution in [0, 0.1) is 13.8 Å². The van der Waals surface area contributed by atoms with Crippen LogP contribution in [0.4, 0.5) is 0 Å². The van der Waals surface area contributed by atoms with Gasteiger partial charge in [-0.05, 0) is 37.1 Å². The summed E-state index contributed by atoms with van der Waals surface area (Å²) >= 11 is 6.32. The third-order valence-corrected chi connectivity index (χ3v) is 5.54. The Morgan fingerprint density at radius 2 is 1.53 bits per heavy atom. The highest BCUT2D eigenvalue weighted by Crippen LogP contribution is 2.23. The van der Waals surface area contributed by atoms with Gasteiger partial charge in [0, 0.05) is 11.8 Å². The number of hydrogen-bond acceptors (Lipinski definition) is 3. The third kappa shape index (κ3) is 4.48. The predicted octanol–water partition coefficient (Wildman–Crippen LogP) is 5.02. The second-order valence-corrected chi connectivity index (χ2v) is 8.00. The summed E-state index contributed by atoms with van der Waals surface area (Å²) in [5.41, 5.74) is 3.48. The molecule has 0 aliphatic heterocycles. The largest absolute Gasteiger partial charge is 0.340 e. The van der Waals surface area contributed by atoms with Gasteiger partial charge in [0.15, 0.2) is 5.69 Å². The van der Waals surface area contributed by atoms with E-state index in [-0.39, 0.29) is 5.69 Å². The molecule has 0 aliphatic rings. The molecule has 160 valence electrons. The standard InChI is InChI=1S/C26H22ClN3O2/c1-17-12-14-20(15-13-17)24(19-8-4-3-5-9-19)28-26(32)25-23(31)16-18(2)30(29-25)22-11-7-6-10-21(22)27/h3-16,24H,1-2H3,(H,28,32). The molecule has 3 aromatic carbocycles. The second kappa shape index (κ2) is 9.20. The molecule has 4 aromatic rings. The van der Waals surface area contributed by atoms with E-state index in [2.05, 4.69) is 10.4 Å². The molecule has 0 radical (unpaired) electrons. The summed E-state index contributed by atoms with van der Waals surface area (Å²) in [5.74, 6) is -0.551. The summed E-state index contributed by atoms with van der Waals surface area (Å²) in [6.07, 6.45) is 0. The fourth-order valence-corrected chi connectivity index (χ4v) is 3.75. The van der Waals surface area contributed by atoms with E-state index in [9.17, 15) is 9.59 Å². The molecule has 1 aromatic heterocycles. The molecule has 0 saturated carbocycles. The van der Waals surface area contributed by atoms with Crippen molar-refractivity contribution in [1.82, 2.24) is 15.1 Å². The van der Waals surface area contributed by atoms with Crippen molar-refractivity contribution in [2.45, 2.75) is 19.9 Å². The lowest BCUT2D eigenvalue weighted by Gasteiger charge is -2.20. The lowest BCUT2D eigenvalue weighted by Crippen LogP contribution is -2.35. The van der Waals surface area contributed by atoms with Crippen molar-refractivity contribution in [2.75, 3.05) is 0 Å². The monoisotopic (exact) mass is 443 g/mol. The van der Waals surface area contributed by atoms with Crippen molar-refractivity contribution in [3.8, 4) is 5.69 Å². The molecule has 32 heavy (non-hydrogen) atoms. The first kappa shape index (κ1) is 21.5. The first-order valence-electron chi connectivity index (χ1n) is 10.2. The fourth-order valence-electron chi connectivity index (χ4n) is 3.54. The number of rotatable bonds is 5. The number of amides is 1. The van der Waals surface area contributed by atoms with Crippen molar-refractivity contribution in [1.29, 1.82) is 0 Å². The molecule has 1 unspecified atom stereocenters. The zero-order chi connectivity index (χ0) is 22.7. The lowest BCUT2D eigenvalue weighted by molar-refractivity contribution is 0.0935. The molecule has 6 heteroatoms. The highest BCUT2D eigenvalue weighted by molar-refractivity contribution is 6.32. The van der Waals surface area contributed by atoms with Crippen LogP contribution in [-0.2, 0) is 0 Å². The number of benzene rings is 3. The second-order valence-electron chi connectivity index (χ2n) is 7.59. The molecule has 1 heterocycles. The van der Waals surface area contributed by atoms with Gasteiger partial charge < -0.3 is 5.32 Å². The minimum absolute atomic E-state index is 0.191. The molecule has 5 nitrogen and oxygen atoms in total. The van der Waals surface area contributed by atoms with E-state index < -0.39 is 17.4 Å². The molecule has 4 rings (SSSR count). The van der Waals surface area contributed by atoms with Crippen molar-refractivity contribution in [3.63, 3.8) is 0 Å². The molecule has 0 saturated heterocycles. The first-order valence-corrected chi connectivity index (χ1v) is 10.6. The predicted molar refractivity (Wildman–Crippen MR) is 127 cm³/mol. The highest BCUT2D eigenvalue weighted by atomic mass is 35.5. The summed E-state index contributed by atoms with van der Waals surface area (Å²) in [4.78, 5) is 25.9. The van der Waals surface area contributed by atoms with Crippen LogP contribution in [-0.4, -0.2) is 15.7 Å². The zero-order valence-corrected chi connectivity index (χ0v) is 18.5. The molecule has 0 aliphatic carbocycles. The van der Waals surface area contributed by atoms with Crippen LogP contribution in [0.1, 0.15) is 38.9 Å². The van der Waals surface area contributed by atoms with Crippen LogP contribution in [0.2, 0.25) is 5.02 Å². The van der Waals surface area contributed by atoms with Gasteiger partial charge in [-0.25, -0.2) is 4.68 Å². The molecule has 1 atom stereocenters. The van der Waals surface area contributed by atoms with Gasteiger partial charge in [0.1, 0.15) is 0 Å². The van der Waals surface area contributed by atoms with E-state index in [4.69, 9.17) is 11.6 Å². The van der Waals surface area contributed by atoms with Crippen molar-refractivity contribution < 1.29 is 4.79 Å². The molecule has 0 fully saturated rings. The summed E-state index contributed by atoms with van der Waals surface area (Å²) in [7, 11) is 0. The smallest absolute Gasteiger partial charge is 0.276 e. The van der Waals surface area contributed by atoms with Gasteiger partial charge in [0.05, 0.1) is 16.8 Å². The molecular weight excluding hydrogens is 422 g/mol.